The molecule has 1 aromatic carbocycles. The lowest BCUT2D eigenvalue weighted by Gasteiger charge is -2.13. The van der Waals surface area contributed by atoms with Crippen molar-refractivity contribution in [2.75, 3.05) is 6.61 Å². The number of aryl methyl sites for hydroxylation is 1. The molecular formula is C16H19ClN2O2. The van der Waals surface area contributed by atoms with Crippen molar-refractivity contribution in [3.8, 4) is 22.9 Å². The van der Waals surface area contributed by atoms with E-state index in [1.54, 1.807) is 18.2 Å². The molecule has 0 saturated heterocycles. The SMILES string of the molecule is CCOc1cc(-c2nc(C)c(C(C)C)c(Cl)n2)ccc1O. The van der Waals surface area contributed by atoms with Crippen LogP contribution in [0.4, 0.5) is 0 Å². The highest BCUT2D eigenvalue weighted by molar-refractivity contribution is 6.30. The lowest BCUT2D eigenvalue weighted by atomic mass is 10.0. The van der Waals surface area contributed by atoms with Crippen LogP contribution in [0.1, 0.15) is 37.9 Å². The monoisotopic (exact) mass is 306 g/mol. The predicted octanol–water partition coefficient (Wildman–Crippen LogP) is 4.33. The van der Waals surface area contributed by atoms with E-state index in [0.717, 1.165) is 16.8 Å². The maximum atomic E-state index is 9.75. The number of ether oxygens (including phenoxy) is 1. The van der Waals surface area contributed by atoms with E-state index in [1.165, 1.54) is 0 Å². The topological polar surface area (TPSA) is 55.2 Å². The fraction of sp³-hybridized carbons (Fsp3) is 0.375. The number of nitrogens with zero attached hydrogens (tertiary/aromatic N) is 2. The maximum Gasteiger partial charge on any atom is 0.161 e. The Morgan fingerprint density at radius 3 is 2.57 bits per heavy atom. The normalized spacial score (nSPS) is 11.0. The molecule has 0 bridgehead atoms. The van der Waals surface area contributed by atoms with Crippen molar-refractivity contribution in [1.82, 2.24) is 9.97 Å². The van der Waals surface area contributed by atoms with Gasteiger partial charge in [0.25, 0.3) is 0 Å². The van der Waals surface area contributed by atoms with Gasteiger partial charge < -0.3 is 9.84 Å². The number of benzene rings is 1. The van der Waals surface area contributed by atoms with E-state index >= 15 is 0 Å². The Morgan fingerprint density at radius 1 is 1.29 bits per heavy atom. The van der Waals surface area contributed by atoms with Crippen molar-refractivity contribution in [2.24, 2.45) is 0 Å². The van der Waals surface area contributed by atoms with Crippen LogP contribution in [0.2, 0.25) is 5.15 Å². The Bertz CT molecular complexity index is 634. The summed E-state index contributed by atoms with van der Waals surface area (Å²) in [6.07, 6.45) is 0. The third-order valence-corrected chi connectivity index (χ3v) is 3.47. The van der Waals surface area contributed by atoms with Crippen LogP contribution < -0.4 is 4.74 Å². The number of aromatic hydroxyl groups is 1. The minimum absolute atomic E-state index is 0.0993. The summed E-state index contributed by atoms with van der Waals surface area (Å²) in [6.45, 7) is 8.39. The van der Waals surface area contributed by atoms with Crippen molar-refractivity contribution < 1.29 is 9.84 Å². The Balaban J connectivity index is 2.50. The number of phenolic OH excluding ortho intramolecular Hbond substituents is 1. The summed E-state index contributed by atoms with van der Waals surface area (Å²) < 4.78 is 5.38. The standard InChI is InChI=1S/C16H19ClN2O2/c1-5-21-13-8-11(6-7-12(13)20)16-18-10(4)14(9(2)3)15(17)19-16/h6-9,20H,5H2,1-4H3. The van der Waals surface area contributed by atoms with Gasteiger partial charge in [0, 0.05) is 16.8 Å². The minimum atomic E-state index is 0.0993. The van der Waals surface area contributed by atoms with E-state index in [9.17, 15) is 5.11 Å². The number of halogens is 1. The number of hydrogen-bond acceptors (Lipinski definition) is 4. The van der Waals surface area contributed by atoms with Crippen molar-refractivity contribution in [1.29, 1.82) is 0 Å². The molecule has 2 aromatic rings. The summed E-state index contributed by atoms with van der Waals surface area (Å²) in [5, 5.41) is 10.2. The molecule has 0 aliphatic carbocycles. The Kier molecular flexibility index (Phi) is 4.68. The molecule has 1 heterocycles. The summed E-state index contributed by atoms with van der Waals surface area (Å²) in [4.78, 5) is 8.90. The summed E-state index contributed by atoms with van der Waals surface area (Å²) in [5.74, 6) is 1.32. The number of phenols is 1. The van der Waals surface area contributed by atoms with Crippen LogP contribution >= 0.6 is 11.6 Å². The van der Waals surface area contributed by atoms with Gasteiger partial charge in [-0.05, 0) is 38.0 Å². The van der Waals surface area contributed by atoms with Gasteiger partial charge in [-0.25, -0.2) is 9.97 Å². The van der Waals surface area contributed by atoms with Gasteiger partial charge in [0.1, 0.15) is 5.15 Å². The van der Waals surface area contributed by atoms with Crippen LogP contribution in [0.3, 0.4) is 0 Å². The fourth-order valence-electron chi connectivity index (χ4n) is 2.26. The Labute approximate surface area is 129 Å². The number of rotatable bonds is 4. The second kappa shape index (κ2) is 6.31. The largest absolute Gasteiger partial charge is 0.504 e. The molecular weight excluding hydrogens is 288 g/mol. The highest BCUT2D eigenvalue weighted by Gasteiger charge is 2.15. The van der Waals surface area contributed by atoms with Crippen molar-refractivity contribution in [2.45, 2.75) is 33.6 Å². The first-order valence-corrected chi connectivity index (χ1v) is 7.32. The zero-order chi connectivity index (χ0) is 15.6. The molecule has 0 amide bonds. The molecule has 0 spiro atoms. The van der Waals surface area contributed by atoms with Crippen molar-refractivity contribution >= 4 is 11.6 Å². The van der Waals surface area contributed by atoms with Gasteiger partial charge in [-0.1, -0.05) is 25.4 Å². The molecule has 5 heteroatoms. The summed E-state index contributed by atoms with van der Waals surface area (Å²) in [6, 6.07) is 5.04. The van der Waals surface area contributed by atoms with E-state index in [1.807, 2.05) is 13.8 Å². The first kappa shape index (κ1) is 15.6. The molecule has 4 nitrogen and oxygen atoms in total. The molecule has 2 rings (SSSR count). The number of hydrogen-bond donors (Lipinski definition) is 1. The highest BCUT2D eigenvalue weighted by atomic mass is 35.5. The Hall–Kier alpha value is -1.81. The third-order valence-electron chi connectivity index (χ3n) is 3.18. The molecule has 0 saturated carbocycles. The summed E-state index contributed by atoms with van der Waals surface area (Å²) >= 11 is 6.28. The Morgan fingerprint density at radius 2 is 2.00 bits per heavy atom. The van der Waals surface area contributed by atoms with Crippen LogP contribution in [-0.2, 0) is 0 Å². The van der Waals surface area contributed by atoms with Crippen LogP contribution in [0, 0.1) is 6.92 Å². The average molecular weight is 307 g/mol. The smallest absolute Gasteiger partial charge is 0.161 e. The molecule has 21 heavy (non-hydrogen) atoms. The second-order valence-corrected chi connectivity index (χ2v) is 5.47. The summed E-state index contributed by atoms with van der Waals surface area (Å²) in [5.41, 5.74) is 2.59. The van der Waals surface area contributed by atoms with E-state index in [2.05, 4.69) is 23.8 Å². The molecule has 0 aliphatic heterocycles. The lowest BCUT2D eigenvalue weighted by molar-refractivity contribution is 0.318. The number of aromatic nitrogens is 2. The summed E-state index contributed by atoms with van der Waals surface area (Å²) in [7, 11) is 0. The third kappa shape index (κ3) is 3.27. The van der Waals surface area contributed by atoms with Crippen LogP contribution in [0.15, 0.2) is 18.2 Å². The van der Waals surface area contributed by atoms with E-state index in [0.29, 0.717) is 23.3 Å². The lowest BCUT2D eigenvalue weighted by Crippen LogP contribution is -2.02. The van der Waals surface area contributed by atoms with E-state index in [-0.39, 0.29) is 11.7 Å². The average Bonchev–Trinajstić information content (AvgIpc) is 2.40. The zero-order valence-electron chi connectivity index (χ0n) is 12.6. The van der Waals surface area contributed by atoms with E-state index < -0.39 is 0 Å². The van der Waals surface area contributed by atoms with Crippen LogP contribution in [0.25, 0.3) is 11.4 Å². The van der Waals surface area contributed by atoms with Gasteiger partial charge >= 0.3 is 0 Å². The fourth-order valence-corrected chi connectivity index (χ4v) is 2.69. The van der Waals surface area contributed by atoms with Gasteiger partial charge in [0.15, 0.2) is 17.3 Å². The molecule has 0 fully saturated rings. The van der Waals surface area contributed by atoms with E-state index in [4.69, 9.17) is 16.3 Å². The molecule has 0 atom stereocenters. The van der Waals surface area contributed by atoms with Crippen molar-refractivity contribution in [3.63, 3.8) is 0 Å². The molecule has 0 radical (unpaired) electrons. The first-order valence-electron chi connectivity index (χ1n) is 6.94. The first-order chi connectivity index (χ1) is 9.93. The molecule has 1 aromatic heterocycles. The minimum Gasteiger partial charge on any atom is -0.504 e. The second-order valence-electron chi connectivity index (χ2n) is 5.11. The maximum absolute atomic E-state index is 9.75. The molecule has 112 valence electrons. The van der Waals surface area contributed by atoms with Gasteiger partial charge in [0.05, 0.1) is 6.61 Å². The predicted molar refractivity (Wildman–Crippen MR) is 84.1 cm³/mol. The van der Waals surface area contributed by atoms with Crippen LogP contribution in [-0.4, -0.2) is 21.7 Å². The zero-order valence-corrected chi connectivity index (χ0v) is 13.4. The van der Waals surface area contributed by atoms with Gasteiger partial charge in [0.2, 0.25) is 0 Å². The van der Waals surface area contributed by atoms with Crippen molar-refractivity contribution in [3.05, 3.63) is 34.6 Å². The quantitative estimate of drug-likeness (QED) is 0.854. The molecule has 0 aliphatic rings. The van der Waals surface area contributed by atoms with Gasteiger partial charge in [-0.3, -0.25) is 0 Å². The molecule has 0 unspecified atom stereocenters. The van der Waals surface area contributed by atoms with Gasteiger partial charge in [-0.15, -0.1) is 0 Å². The highest BCUT2D eigenvalue weighted by Crippen LogP contribution is 2.32. The van der Waals surface area contributed by atoms with Crippen LogP contribution in [0.5, 0.6) is 11.5 Å². The molecule has 1 N–H and O–H groups in total. The van der Waals surface area contributed by atoms with Gasteiger partial charge in [-0.2, -0.15) is 0 Å².